The summed E-state index contributed by atoms with van der Waals surface area (Å²) in [6.45, 7) is 0. The van der Waals surface area contributed by atoms with Crippen molar-refractivity contribution in [2.75, 3.05) is 0 Å². The molecule has 0 radical (unpaired) electrons. The molecule has 0 fully saturated rings. The second-order valence-electron chi connectivity index (χ2n) is 6.12. The quantitative estimate of drug-likeness (QED) is 0.311. The van der Waals surface area contributed by atoms with E-state index in [0.29, 0.717) is 0 Å². The van der Waals surface area contributed by atoms with Crippen LogP contribution in [0.1, 0.15) is 16.7 Å². The van der Waals surface area contributed by atoms with E-state index in [4.69, 9.17) is 46.4 Å². The highest BCUT2D eigenvalue weighted by Crippen LogP contribution is 2.52. The standard InChI is InChI=1S/C19H12Cl4O5S/c20-12-6-11(7-13(21)9-12)19(29(26,27)28,10-2-1-3-14(24)8-10)17-16(25)5-4-15(22)18(17)23/h1-9,24-25H,(H,26,27,28). The highest BCUT2D eigenvalue weighted by Gasteiger charge is 2.52. The van der Waals surface area contributed by atoms with Crippen molar-refractivity contribution in [3.05, 3.63) is 91.4 Å². The summed E-state index contributed by atoms with van der Waals surface area (Å²) in [5.74, 6) is -0.849. The van der Waals surface area contributed by atoms with E-state index in [0.717, 1.165) is 12.1 Å². The fraction of sp³-hybridized carbons (Fsp3) is 0.0526. The summed E-state index contributed by atoms with van der Waals surface area (Å²) in [7, 11) is -5.13. The molecule has 0 heterocycles. The third-order valence-corrected chi connectivity index (χ3v) is 7.02. The molecular weight excluding hydrogens is 482 g/mol. The molecule has 5 nitrogen and oxygen atoms in total. The van der Waals surface area contributed by atoms with Crippen molar-refractivity contribution in [2.45, 2.75) is 4.75 Å². The Morgan fingerprint density at radius 3 is 1.97 bits per heavy atom. The van der Waals surface area contributed by atoms with Gasteiger partial charge in [-0.15, -0.1) is 0 Å². The van der Waals surface area contributed by atoms with Crippen LogP contribution in [-0.2, 0) is 14.9 Å². The summed E-state index contributed by atoms with van der Waals surface area (Å²) in [4.78, 5) is 0. The van der Waals surface area contributed by atoms with E-state index < -0.39 is 26.2 Å². The molecule has 0 spiro atoms. The Kier molecular flexibility index (Phi) is 5.98. The molecule has 0 aliphatic rings. The molecular formula is C19H12Cl4O5S. The van der Waals surface area contributed by atoms with Crippen molar-refractivity contribution in [1.82, 2.24) is 0 Å². The molecule has 3 aromatic carbocycles. The lowest BCUT2D eigenvalue weighted by atomic mass is 9.83. The van der Waals surface area contributed by atoms with Gasteiger partial charge in [0.2, 0.25) is 0 Å². The Morgan fingerprint density at radius 2 is 1.41 bits per heavy atom. The minimum absolute atomic E-state index is 0.0679. The Hall–Kier alpha value is -1.67. The van der Waals surface area contributed by atoms with Crippen LogP contribution in [0, 0.1) is 0 Å². The van der Waals surface area contributed by atoms with E-state index >= 15 is 0 Å². The smallest absolute Gasteiger partial charge is 0.283 e. The summed E-state index contributed by atoms with van der Waals surface area (Å²) < 4.78 is 33.9. The predicted molar refractivity (Wildman–Crippen MR) is 114 cm³/mol. The number of phenols is 2. The maximum absolute atomic E-state index is 13.0. The van der Waals surface area contributed by atoms with Crippen LogP contribution in [0.2, 0.25) is 20.1 Å². The molecule has 1 unspecified atom stereocenters. The number of phenolic OH excluding ortho intramolecular Hbond substituents is 2. The maximum atomic E-state index is 13.0. The van der Waals surface area contributed by atoms with E-state index in [1.165, 1.54) is 42.5 Å². The Bertz CT molecular complexity index is 1190. The molecule has 10 heteroatoms. The van der Waals surface area contributed by atoms with Crippen molar-refractivity contribution < 1.29 is 23.2 Å². The molecule has 29 heavy (non-hydrogen) atoms. The molecule has 0 saturated carbocycles. The van der Waals surface area contributed by atoms with Gasteiger partial charge < -0.3 is 10.2 Å². The third kappa shape index (κ3) is 3.77. The molecule has 3 aromatic rings. The van der Waals surface area contributed by atoms with Gasteiger partial charge in [-0.2, -0.15) is 8.42 Å². The third-order valence-electron chi connectivity index (χ3n) is 4.33. The summed E-state index contributed by atoms with van der Waals surface area (Å²) in [6, 6.07) is 11.4. The van der Waals surface area contributed by atoms with Gasteiger partial charge in [0.15, 0.2) is 4.75 Å². The second kappa shape index (κ2) is 7.87. The maximum Gasteiger partial charge on any atom is 0.283 e. The average Bonchev–Trinajstić information content (AvgIpc) is 2.60. The first-order valence-corrected chi connectivity index (χ1v) is 10.8. The van der Waals surface area contributed by atoms with Gasteiger partial charge in [-0.3, -0.25) is 4.55 Å². The van der Waals surface area contributed by atoms with Crippen LogP contribution in [-0.4, -0.2) is 23.2 Å². The predicted octanol–water partition coefficient (Wildman–Crippen LogP) is 5.89. The first-order chi connectivity index (χ1) is 13.5. The van der Waals surface area contributed by atoms with Crippen LogP contribution in [0.3, 0.4) is 0 Å². The van der Waals surface area contributed by atoms with Gasteiger partial charge in [-0.25, -0.2) is 0 Å². The number of hydrogen-bond acceptors (Lipinski definition) is 4. The van der Waals surface area contributed by atoms with Crippen LogP contribution in [0.25, 0.3) is 0 Å². The Morgan fingerprint density at radius 1 is 0.793 bits per heavy atom. The summed E-state index contributed by atoms with van der Waals surface area (Å²) in [5.41, 5.74) is -0.668. The molecule has 0 saturated heterocycles. The fourth-order valence-electron chi connectivity index (χ4n) is 3.24. The van der Waals surface area contributed by atoms with Gasteiger partial charge in [0.05, 0.1) is 10.0 Å². The van der Waals surface area contributed by atoms with E-state index in [1.807, 2.05) is 0 Å². The van der Waals surface area contributed by atoms with E-state index in [-0.39, 0.29) is 37.0 Å². The lowest BCUT2D eigenvalue weighted by Crippen LogP contribution is -2.38. The summed E-state index contributed by atoms with van der Waals surface area (Å²) in [6.07, 6.45) is 0. The van der Waals surface area contributed by atoms with Gasteiger partial charge in [-0.05, 0) is 53.6 Å². The van der Waals surface area contributed by atoms with Crippen molar-refractivity contribution in [3.8, 4) is 11.5 Å². The molecule has 0 aromatic heterocycles. The van der Waals surface area contributed by atoms with Crippen LogP contribution in [0.15, 0.2) is 54.6 Å². The van der Waals surface area contributed by atoms with Gasteiger partial charge in [-0.1, -0.05) is 58.5 Å². The van der Waals surface area contributed by atoms with E-state index in [2.05, 4.69) is 0 Å². The average molecular weight is 494 g/mol. The van der Waals surface area contributed by atoms with Crippen LogP contribution in [0.4, 0.5) is 0 Å². The molecule has 1 atom stereocenters. The Labute approximate surface area is 186 Å². The first-order valence-electron chi connectivity index (χ1n) is 7.89. The highest BCUT2D eigenvalue weighted by atomic mass is 35.5. The zero-order valence-corrected chi connectivity index (χ0v) is 18.1. The molecule has 3 rings (SSSR count). The first kappa shape index (κ1) is 22.0. The Balaban J connectivity index is 2.65. The number of hydrogen-bond donors (Lipinski definition) is 3. The number of benzene rings is 3. The van der Waals surface area contributed by atoms with E-state index in [1.54, 1.807) is 0 Å². The largest absolute Gasteiger partial charge is 0.508 e. The zero-order valence-electron chi connectivity index (χ0n) is 14.3. The van der Waals surface area contributed by atoms with Gasteiger partial charge in [0.25, 0.3) is 10.1 Å². The normalized spacial score (nSPS) is 13.8. The fourth-order valence-corrected chi connectivity index (χ4v) is 5.59. The SMILES string of the molecule is O=S(=O)(O)C(c1cccc(O)c1)(c1cc(Cl)cc(Cl)c1)c1c(O)ccc(Cl)c1Cl. The van der Waals surface area contributed by atoms with Gasteiger partial charge in [0.1, 0.15) is 11.5 Å². The van der Waals surface area contributed by atoms with E-state index in [9.17, 15) is 23.2 Å². The van der Waals surface area contributed by atoms with Crippen LogP contribution < -0.4 is 0 Å². The summed E-state index contributed by atoms with van der Waals surface area (Å²) in [5, 5.41) is 20.3. The van der Waals surface area contributed by atoms with Crippen molar-refractivity contribution in [2.24, 2.45) is 0 Å². The van der Waals surface area contributed by atoms with Crippen LogP contribution >= 0.6 is 46.4 Å². The monoisotopic (exact) mass is 492 g/mol. The minimum Gasteiger partial charge on any atom is -0.508 e. The summed E-state index contributed by atoms with van der Waals surface area (Å²) >= 11 is 24.6. The highest BCUT2D eigenvalue weighted by molar-refractivity contribution is 7.87. The minimum atomic E-state index is -5.13. The molecule has 0 bridgehead atoms. The van der Waals surface area contributed by atoms with Crippen molar-refractivity contribution >= 4 is 56.5 Å². The molecule has 0 aliphatic carbocycles. The van der Waals surface area contributed by atoms with Crippen molar-refractivity contribution in [1.29, 1.82) is 0 Å². The molecule has 0 amide bonds. The lowest BCUT2D eigenvalue weighted by molar-refractivity contribution is 0.439. The van der Waals surface area contributed by atoms with Gasteiger partial charge in [0, 0.05) is 15.6 Å². The van der Waals surface area contributed by atoms with Crippen molar-refractivity contribution in [3.63, 3.8) is 0 Å². The van der Waals surface area contributed by atoms with Gasteiger partial charge >= 0.3 is 0 Å². The molecule has 152 valence electrons. The topological polar surface area (TPSA) is 94.8 Å². The lowest BCUT2D eigenvalue weighted by Gasteiger charge is -2.34. The second-order valence-corrected chi connectivity index (χ2v) is 9.34. The molecule has 3 N–H and O–H groups in total. The zero-order chi connectivity index (χ0) is 21.6. The molecule has 0 aliphatic heterocycles. The van der Waals surface area contributed by atoms with Crippen LogP contribution in [0.5, 0.6) is 11.5 Å². The number of rotatable bonds is 4. The number of aromatic hydroxyl groups is 2. The number of halogens is 4.